The van der Waals surface area contributed by atoms with Gasteiger partial charge in [-0.15, -0.1) is 0 Å². The van der Waals surface area contributed by atoms with Gasteiger partial charge in [0.15, 0.2) is 0 Å². The number of aryl methyl sites for hydroxylation is 1. The van der Waals surface area contributed by atoms with Crippen molar-refractivity contribution in [1.29, 1.82) is 0 Å². The van der Waals surface area contributed by atoms with Gasteiger partial charge in [-0.25, -0.2) is 4.79 Å². The third kappa shape index (κ3) is 5.47. The van der Waals surface area contributed by atoms with E-state index in [2.05, 4.69) is 24.8 Å². The molecule has 22 heavy (non-hydrogen) atoms. The molecule has 0 aliphatic heterocycles. The van der Waals surface area contributed by atoms with Crippen LogP contribution in [0.15, 0.2) is 33.5 Å². The third-order valence-electron chi connectivity index (χ3n) is 3.06. The number of anilines is 1. The van der Waals surface area contributed by atoms with Gasteiger partial charge >= 0.3 is 5.63 Å². The molecule has 0 amide bonds. The van der Waals surface area contributed by atoms with Crippen molar-refractivity contribution >= 4 is 27.1 Å². The monoisotopic (exact) mass is 327 g/mol. The molecular formula is C14H17NO6S-2. The number of hydrogen-bond acceptors (Lipinski definition) is 7. The first kappa shape index (κ1) is 18.1. The minimum atomic E-state index is -5.17. The molecule has 0 N–H and O–H groups in total. The van der Waals surface area contributed by atoms with Crippen LogP contribution in [0, 0.1) is 6.92 Å². The van der Waals surface area contributed by atoms with Gasteiger partial charge in [0.1, 0.15) is 5.58 Å². The molecule has 0 spiro atoms. The van der Waals surface area contributed by atoms with E-state index in [9.17, 15) is 4.79 Å². The molecule has 0 unspecified atom stereocenters. The van der Waals surface area contributed by atoms with Crippen LogP contribution in [-0.4, -0.2) is 30.6 Å². The lowest BCUT2D eigenvalue weighted by Gasteiger charge is -2.21. The second-order valence-electron chi connectivity index (χ2n) is 4.51. The first-order chi connectivity index (χ1) is 10.2. The van der Waals surface area contributed by atoms with Crippen LogP contribution in [0.5, 0.6) is 0 Å². The van der Waals surface area contributed by atoms with Gasteiger partial charge in [0.2, 0.25) is 0 Å². The second-order valence-corrected chi connectivity index (χ2v) is 5.33. The van der Waals surface area contributed by atoms with E-state index in [1.165, 1.54) is 6.07 Å². The third-order valence-corrected chi connectivity index (χ3v) is 3.06. The highest BCUT2D eigenvalue weighted by Crippen LogP contribution is 2.23. The van der Waals surface area contributed by atoms with Crippen LogP contribution in [0.2, 0.25) is 0 Å². The molecule has 122 valence electrons. The smallest absolute Gasteiger partial charge is 0.336 e. The Balaban J connectivity index is 0.000000422. The van der Waals surface area contributed by atoms with Crippen molar-refractivity contribution in [3.8, 4) is 0 Å². The number of fused-ring (bicyclic) bond motifs is 1. The van der Waals surface area contributed by atoms with E-state index in [1.54, 1.807) is 0 Å². The van der Waals surface area contributed by atoms with E-state index in [-0.39, 0.29) is 5.63 Å². The molecule has 1 aromatic heterocycles. The van der Waals surface area contributed by atoms with Crippen molar-refractivity contribution in [2.45, 2.75) is 20.8 Å². The molecule has 2 aromatic rings. The molecule has 1 aromatic carbocycles. The molecular weight excluding hydrogens is 310 g/mol. The van der Waals surface area contributed by atoms with Crippen molar-refractivity contribution in [1.82, 2.24) is 0 Å². The van der Waals surface area contributed by atoms with E-state index < -0.39 is 10.4 Å². The Morgan fingerprint density at radius 1 is 1.14 bits per heavy atom. The minimum Gasteiger partial charge on any atom is -0.759 e. The normalized spacial score (nSPS) is 11.0. The predicted octanol–water partition coefficient (Wildman–Crippen LogP) is 1.61. The summed E-state index contributed by atoms with van der Waals surface area (Å²) < 4.78 is 39.3. The number of rotatable bonds is 3. The summed E-state index contributed by atoms with van der Waals surface area (Å²) in [6, 6.07) is 7.56. The fraction of sp³-hybridized carbons (Fsp3) is 0.357. The fourth-order valence-electron chi connectivity index (χ4n) is 2.10. The zero-order valence-electron chi connectivity index (χ0n) is 12.5. The van der Waals surface area contributed by atoms with Gasteiger partial charge < -0.3 is 18.4 Å². The van der Waals surface area contributed by atoms with Crippen molar-refractivity contribution in [2.24, 2.45) is 0 Å². The first-order valence-electron chi connectivity index (χ1n) is 6.61. The summed E-state index contributed by atoms with van der Waals surface area (Å²) in [4.78, 5) is 13.6. The number of nitrogens with zero attached hydrogens (tertiary/aromatic N) is 1. The SMILES string of the molecule is CCN(CC)c1ccc2c(C)cc(=O)oc2c1.O=S(=O)([O-])[O-]. The Bertz CT molecular complexity index is 785. The van der Waals surface area contributed by atoms with Gasteiger partial charge in [-0.05, 0) is 38.5 Å². The van der Waals surface area contributed by atoms with E-state index in [4.69, 9.17) is 21.9 Å². The molecule has 0 fully saturated rings. The summed E-state index contributed by atoms with van der Waals surface area (Å²) in [5.74, 6) is 0. The van der Waals surface area contributed by atoms with Crippen LogP contribution in [0.25, 0.3) is 11.0 Å². The topological polar surface area (TPSA) is 114 Å². The molecule has 7 nitrogen and oxygen atoms in total. The molecule has 0 radical (unpaired) electrons. The summed E-state index contributed by atoms with van der Waals surface area (Å²) in [7, 11) is -5.17. The Labute approximate surface area is 128 Å². The standard InChI is InChI=1S/C14H17NO2.H2O4S/c1-4-15(5-2)11-6-7-12-10(3)8-14(16)17-13(12)9-11;1-5(2,3)4/h6-9H,4-5H2,1-3H3;(H2,1,2,3,4)/p-2. The Hall–Kier alpha value is -1.90. The number of hydrogen-bond donors (Lipinski definition) is 0. The highest BCUT2D eigenvalue weighted by atomic mass is 32.3. The lowest BCUT2D eigenvalue weighted by molar-refractivity contribution is 0.352. The minimum absolute atomic E-state index is 0.285. The molecule has 0 saturated heterocycles. The van der Waals surface area contributed by atoms with Gasteiger partial charge in [-0.3, -0.25) is 8.42 Å². The maximum absolute atomic E-state index is 11.3. The van der Waals surface area contributed by atoms with Crippen LogP contribution in [0.1, 0.15) is 19.4 Å². The van der Waals surface area contributed by atoms with Crippen molar-refractivity contribution < 1.29 is 21.9 Å². The summed E-state index contributed by atoms with van der Waals surface area (Å²) in [5.41, 5.74) is 2.43. The average Bonchev–Trinajstić information content (AvgIpc) is 2.37. The highest BCUT2D eigenvalue weighted by Gasteiger charge is 2.06. The van der Waals surface area contributed by atoms with Gasteiger partial charge in [0, 0.05) is 46.7 Å². The highest BCUT2D eigenvalue weighted by molar-refractivity contribution is 7.79. The van der Waals surface area contributed by atoms with Crippen LogP contribution in [-0.2, 0) is 10.4 Å². The van der Waals surface area contributed by atoms with Crippen LogP contribution < -0.4 is 10.5 Å². The molecule has 1 heterocycles. The summed E-state index contributed by atoms with van der Waals surface area (Å²) in [5, 5.41) is 1.00. The first-order valence-corrected chi connectivity index (χ1v) is 7.95. The van der Waals surface area contributed by atoms with Crippen molar-refractivity contribution in [3.63, 3.8) is 0 Å². The van der Waals surface area contributed by atoms with Gasteiger partial charge in [0.25, 0.3) is 0 Å². The average molecular weight is 327 g/mol. The molecule has 0 aliphatic rings. The molecule has 0 atom stereocenters. The lowest BCUT2D eigenvalue weighted by Crippen LogP contribution is -2.21. The Morgan fingerprint density at radius 2 is 1.68 bits per heavy atom. The second kappa shape index (κ2) is 7.39. The van der Waals surface area contributed by atoms with E-state index in [1.807, 2.05) is 19.1 Å². The van der Waals surface area contributed by atoms with Gasteiger partial charge in [-0.1, -0.05) is 0 Å². The van der Waals surface area contributed by atoms with Crippen LogP contribution in [0.3, 0.4) is 0 Å². The van der Waals surface area contributed by atoms with Crippen molar-refractivity contribution in [2.75, 3.05) is 18.0 Å². The molecule has 8 heteroatoms. The summed E-state index contributed by atoms with van der Waals surface area (Å²) >= 11 is 0. The zero-order chi connectivity index (χ0) is 16.9. The maximum Gasteiger partial charge on any atom is 0.336 e. The molecule has 2 rings (SSSR count). The van der Waals surface area contributed by atoms with Crippen LogP contribution in [0.4, 0.5) is 5.69 Å². The maximum atomic E-state index is 11.3. The molecule has 0 aliphatic carbocycles. The van der Waals surface area contributed by atoms with Crippen LogP contribution >= 0.6 is 0 Å². The van der Waals surface area contributed by atoms with E-state index in [0.29, 0.717) is 5.58 Å². The zero-order valence-corrected chi connectivity index (χ0v) is 13.3. The Morgan fingerprint density at radius 3 is 2.18 bits per heavy atom. The quantitative estimate of drug-likeness (QED) is 0.478. The molecule has 0 saturated carbocycles. The Kier molecular flexibility index (Phi) is 6.10. The van der Waals surface area contributed by atoms with Gasteiger partial charge in [0.05, 0.1) is 0 Å². The van der Waals surface area contributed by atoms with E-state index in [0.717, 1.165) is 29.7 Å². The number of benzene rings is 1. The summed E-state index contributed by atoms with van der Waals surface area (Å²) in [6.07, 6.45) is 0. The van der Waals surface area contributed by atoms with Gasteiger partial charge in [-0.2, -0.15) is 0 Å². The predicted molar refractivity (Wildman–Crippen MR) is 81.3 cm³/mol. The lowest BCUT2D eigenvalue weighted by atomic mass is 10.1. The molecule has 0 bridgehead atoms. The summed E-state index contributed by atoms with van der Waals surface area (Å²) in [6.45, 7) is 8.03. The largest absolute Gasteiger partial charge is 0.759 e. The fourth-order valence-corrected chi connectivity index (χ4v) is 2.10. The van der Waals surface area contributed by atoms with E-state index >= 15 is 0 Å². The van der Waals surface area contributed by atoms with Crippen molar-refractivity contribution in [3.05, 3.63) is 40.2 Å².